The molecule has 0 N–H and O–H groups in total. The number of carbonyl (C=O) groups excluding carboxylic acids is 2. The van der Waals surface area contributed by atoms with Crippen LogP contribution in [0.15, 0.2) is 26.4 Å². The highest BCUT2D eigenvalue weighted by molar-refractivity contribution is 8.18. The molecule has 1 aromatic rings. The topological polar surface area (TPSA) is 75.3 Å². The minimum Gasteiger partial charge on any atom is -0.466 e. The van der Waals surface area contributed by atoms with Crippen LogP contribution in [0.4, 0.5) is 5.88 Å². The maximum atomic E-state index is 12.4. The number of amides is 1. The third-order valence-corrected chi connectivity index (χ3v) is 6.59. The van der Waals surface area contributed by atoms with Crippen molar-refractivity contribution in [1.82, 2.24) is 4.90 Å². The number of nitrogens with zero attached hydrogens (tertiary/aromatic N) is 3. The Hall–Kier alpha value is -2.22. The number of anilines is 1. The molecule has 4 rings (SSSR count). The number of hydrogen-bond acceptors (Lipinski definition) is 7. The number of likely N-dealkylation sites (tertiary alicyclic amines) is 1. The van der Waals surface area contributed by atoms with Crippen molar-refractivity contribution >= 4 is 40.8 Å². The average molecular weight is 418 g/mol. The van der Waals surface area contributed by atoms with Crippen LogP contribution in [0.5, 0.6) is 0 Å². The summed E-state index contributed by atoms with van der Waals surface area (Å²) in [4.78, 5) is 33.4. The second-order valence-corrected chi connectivity index (χ2v) is 8.56. The van der Waals surface area contributed by atoms with Gasteiger partial charge in [-0.25, -0.2) is 0 Å². The molecule has 4 heterocycles. The fourth-order valence-electron chi connectivity index (χ4n) is 3.93. The van der Waals surface area contributed by atoms with E-state index in [1.54, 1.807) is 6.08 Å². The zero-order valence-electron chi connectivity index (χ0n) is 16.8. The fourth-order valence-corrected chi connectivity index (χ4v) is 4.88. The standard InChI is InChI=1S/C21H27N3O4S/c1-2-27-20(26)15-8-12-24(13-9-15)21-22-19(25)17(29-21)14-16-6-7-18(28-16)23-10-4-3-5-11-23/h6-7,14-15H,2-5,8-13H2,1H3/b17-14-. The molecule has 3 aliphatic heterocycles. The lowest BCUT2D eigenvalue weighted by molar-refractivity contribution is -0.149. The van der Waals surface area contributed by atoms with Crippen LogP contribution in [-0.2, 0) is 14.3 Å². The summed E-state index contributed by atoms with van der Waals surface area (Å²) in [7, 11) is 0. The van der Waals surface area contributed by atoms with Crippen molar-refractivity contribution in [3.05, 3.63) is 22.8 Å². The summed E-state index contributed by atoms with van der Waals surface area (Å²) in [5, 5.41) is 0.714. The monoisotopic (exact) mass is 417 g/mol. The van der Waals surface area contributed by atoms with Crippen molar-refractivity contribution in [1.29, 1.82) is 0 Å². The van der Waals surface area contributed by atoms with E-state index < -0.39 is 0 Å². The van der Waals surface area contributed by atoms with Gasteiger partial charge < -0.3 is 19.0 Å². The van der Waals surface area contributed by atoms with Gasteiger partial charge in [-0.3, -0.25) is 9.59 Å². The molecule has 0 atom stereocenters. The Balaban J connectivity index is 1.35. The Labute approximate surface area is 175 Å². The molecule has 0 unspecified atom stereocenters. The number of rotatable bonds is 4. The van der Waals surface area contributed by atoms with E-state index in [0.717, 1.165) is 31.8 Å². The Morgan fingerprint density at radius 1 is 1.21 bits per heavy atom. The molecular formula is C21H27N3O4S. The van der Waals surface area contributed by atoms with Crippen LogP contribution in [0.2, 0.25) is 0 Å². The van der Waals surface area contributed by atoms with Gasteiger partial charge in [0.05, 0.1) is 17.4 Å². The minimum absolute atomic E-state index is 0.0553. The van der Waals surface area contributed by atoms with Gasteiger partial charge in [0.2, 0.25) is 0 Å². The predicted octanol–water partition coefficient (Wildman–Crippen LogP) is 3.52. The third kappa shape index (κ3) is 4.69. The second-order valence-electron chi connectivity index (χ2n) is 7.55. The number of esters is 1. The number of furan rings is 1. The molecule has 0 saturated carbocycles. The van der Waals surface area contributed by atoms with Crippen LogP contribution >= 0.6 is 11.8 Å². The number of hydrogen-bond donors (Lipinski definition) is 0. The van der Waals surface area contributed by atoms with Gasteiger partial charge in [0.25, 0.3) is 5.91 Å². The van der Waals surface area contributed by atoms with E-state index in [0.29, 0.717) is 35.5 Å². The normalized spacial score (nSPS) is 22.3. The highest BCUT2D eigenvalue weighted by Gasteiger charge is 2.32. The maximum absolute atomic E-state index is 12.4. The van der Waals surface area contributed by atoms with Crippen LogP contribution in [0.25, 0.3) is 6.08 Å². The van der Waals surface area contributed by atoms with Crippen molar-refractivity contribution in [3.8, 4) is 0 Å². The highest BCUT2D eigenvalue weighted by Crippen LogP contribution is 2.33. The van der Waals surface area contributed by atoms with E-state index >= 15 is 0 Å². The third-order valence-electron chi connectivity index (χ3n) is 5.55. The number of ether oxygens (including phenoxy) is 1. The molecule has 0 spiro atoms. The van der Waals surface area contributed by atoms with E-state index in [1.807, 2.05) is 19.1 Å². The van der Waals surface area contributed by atoms with Gasteiger partial charge in [-0.05, 0) is 56.9 Å². The Morgan fingerprint density at radius 3 is 2.69 bits per heavy atom. The summed E-state index contributed by atoms with van der Waals surface area (Å²) < 4.78 is 11.1. The molecule has 0 radical (unpaired) electrons. The highest BCUT2D eigenvalue weighted by atomic mass is 32.2. The summed E-state index contributed by atoms with van der Waals surface area (Å²) in [5.41, 5.74) is 0. The van der Waals surface area contributed by atoms with E-state index in [-0.39, 0.29) is 17.8 Å². The quantitative estimate of drug-likeness (QED) is 0.548. The zero-order chi connectivity index (χ0) is 20.2. The van der Waals surface area contributed by atoms with Crippen LogP contribution in [0, 0.1) is 5.92 Å². The van der Waals surface area contributed by atoms with Crippen LogP contribution in [0.1, 0.15) is 44.8 Å². The lowest BCUT2D eigenvalue weighted by Gasteiger charge is -2.31. The molecule has 156 valence electrons. The Bertz CT molecular complexity index is 818. The maximum Gasteiger partial charge on any atom is 0.309 e. The van der Waals surface area contributed by atoms with Crippen molar-refractivity contribution < 1.29 is 18.7 Å². The van der Waals surface area contributed by atoms with Gasteiger partial charge in [-0.15, -0.1) is 0 Å². The van der Waals surface area contributed by atoms with Gasteiger partial charge in [0.15, 0.2) is 11.1 Å². The molecule has 2 saturated heterocycles. The average Bonchev–Trinajstić information content (AvgIpc) is 3.36. The number of piperidine rings is 2. The van der Waals surface area contributed by atoms with Crippen LogP contribution < -0.4 is 4.90 Å². The molecule has 8 heteroatoms. The lowest BCUT2D eigenvalue weighted by Crippen LogP contribution is -2.39. The zero-order valence-corrected chi connectivity index (χ0v) is 17.6. The summed E-state index contributed by atoms with van der Waals surface area (Å²) in [6.45, 7) is 5.69. The lowest BCUT2D eigenvalue weighted by atomic mass is 9.97. The van der Waals surface area contributed by atoms with Crippen molar-refractivity contribution in [2.45, 2.75) is 39.0 Å². The van der Waals surface area contributed by atoms with Gasteiger partial charge in [0.1, 0.15) is 5.76 Å². The van der Waals surface area contributed by atoms with Crippen molar-refractivity contribution in [2.24, 2.45) is 10.9 Å². The van der Waals surface area contributed by atoms with Gasteiger partial charge in [-0.1, -0.05) is 0 Å². The number of amidine groups is 1. The predicted molar refractivity (Wildman–Crippen MR) is 114 cm³/mol. The van der Waals surface area contributed by atoms with Crippen molar-refractivity contribution in [2.75, 3.05) is 37.7 Å². The molecule has 0 aromatic carbocycles. The molecule has 0 aliphatic carbocycles. The first-order valence-electron chi connectivity index (χ1n) is 10.4. The largest absolute Gasteiger partial charge is 0.466 e. The molecule has 2 fully saturated rings. The summed E-state index contributed by atoms with van der Waals surface area (Å²) in [6.07, 6.45) is 6.88. The molecule has 1 aromatic heterocycles. The van der Waals surface area contributed by atoms with Crippen LogP contribution in [-0.4, -0.2) is 54.7 Å². The number of aliphatic imine (C=N–C) groups is 1. The first kappa shape index (κ1) is 20.1. The Morgan fingerprint density at radius 2 is 1.97 bits per heavy atom. The number of carbonyl (C=O) groups is 2. The van der Waals surface area contributed by atoms with E-state index in [2.05, 4.69) is 14.8 Å². The number of thioether (sulfide) groups is 1. The van der Waals surface area contributed by atoms with E-state index in [4.69, 9.17) is 9.15 Å². The smallest absolute Gasteiger partial charge is 0.309 e. The summed E-state index contributed by atoms with van der Waals surface area (Å²) >= 11 is 1.38. The molecule has 3 aliphatic rings. The fraction of sp³-hybridized carbons (Fsp3) is 0.571. The second kappa shape index (κ2) is 9.07. The van der Waals surface area contributed by atoms with Gasteiger partial charge in [-0.2, -0.15) is 4.99 Å². The van der Waals surface area contributed by atoms with E-state index in [9.17, 15) is 9.59 Å². The van der Waals surface area contributed by atoms with E-state index in [1.165, 1.54) is 31.0 Å². The van der Waals surface area contributed by atoms with Gasteiger partial charge in [0, 0.05) is 38.3 Å². The molecule has 29 heavy (non-hydrogen) atoms. The molecule has 1 amide bonds. The van der Waals surface area contributed by atoms with Crippen molar-refractivity contribution in [3.63, 3.8) is 0 Å². The SMILES string of the molecule is CCOC(=O)C1CCN(C2=NC(=O)/C(=C/c3ccc(N4CCCCC4)o3)S2)CC1. The minimum atomic E-state index is -0.228. The van der Waals surface area contributed by atoms with Crippen LogP contribution in [0.3, 0.4) is 0 Å². The van der Waals surface area contributed by atoms with Gasteiger partial charge >= 0.3 is 5.97 Å². The molecular weight excluding hydrogens is 390 g/mol. The summed E-state index contributed by atoms with van der Waals surface area (Å²) in [5.74, 6) is 1.15. The first-order valence-corrected chi connectivity index (χ1v) is 11.2. The summed E-state index contributed by atoms with van der Waals surface area (Å²) in [6, 6.07) is 3.89. The first-order chi connectivity index (χ1) is 14.1. The Kier molecular flexibility index (Phi) is 6.28. The molecule has 0 bridgehead atoms. The molecule has 7 nitrogen and oxygen atoms in total.